The van der Waals surface area contributed by atoms with Gasteiger partial charge in [0.2, 0.25) is 0 Å². The molecule has 0 aliphatic rings. The highest BCUT2D eigenvalue weighted by molar-refractivity contribution is 5.46. The van der Waals surface area contributed by atoms with Crippen LogP contribution in [0.25, 0.3) is 0 Å². The van der Waals surface area contributed by atoms with Crippen LogP contribution >= 0.6 is 0 Å². The smallest absolute Gasteiger partial charge is 0.146 e. The van der Waals surface area contributed by atoms with Crippen LogP contribution in [0.5, 0.6) is 0 Å². The summed E-state index contributed by atoms with van der Waals surface area (Å²) in [6, 6.07) is 6.75. The summed E-state index contributed by atoms with van der Waals surface area (Å²) in [6.07, 6.45) is 6.77. The maximum Gasteiger partial charge on any atom is 0.146 e. The first kappa shape index (κ1) is 10.6. The van der Waals surface area contributed by atoms with Crippen molar-refractivity contribution >= 4 is 5.69 Å². The molecule has 0 N–H and O–H groups in total. The first-order valence-electron chi connectivity index (χ1n) is 4.65. The molecular weight excluding hydrogens is 177 g/mol. The Morgan fingerprint density at radius 2 is 2.14 bits per heavy atom. The van der Waals surface area contributed by atoms with Crippen LogP contribution in [-0.4, -0.2) is 13.6 Å². The maximum atomic E-state index is 13.3. The van der Waals surface area contributed by atoms with Gasteiger partial charge in [-0.05, 0) is 18.6 Å². The summed E-state index contributed by atoms with van der Waals surface area (Å²) < 4.78 is 13.3. The molecule has 14 heavy (non-hydrogen) atoms. The third-order valence-electron chi connectivity index (χ3n) is 2.08. The minimum atomic E-state index is -0.185. The predicted molar refractivity (Wildman–Crippen MR) is 57.7 cm³/mol. The van der Waals surface area contributed by atoms with Crippen molar-refractivity contribution in [1.82, 2.24) is 0 Å². The van der Waals surface area contributed by atoms with Gasteiger partial charge in [0.25, 0.3) is 0 Å². The van der Waals surface area contributed by atoms with Crippen LogP contribution in [-0.2, 0) is 0 Å². The molecule has 0 aliphatic heterocycles. The number of halogens is 1. The molecule has 74 valence electrons. The number of anilines is 1. The molecule has 0 radical (unpaired) electrons. The fraction of sp³-hybridized carbons (Fsp3) is 0.333. The van der Waals surface area contributed by atoms with E-state index >= 15 is 0 Å². The molecule has 0 aliphatic carbocycles. The van der Waals surface area contributed by atoms with E-state index in [9.17, 15) is 4.39 Å². The van der Waals surface area contributed by atoms with Gasteiger partial charge < -0.3 is 4.90 Å². The van der Waals surface area contributed by atoms with Gasteiger partial charge in [0, 0.05) is 20.0 Å². The van der Waals surface area contributed by atoms with E-state index in [4.69, 9.17) is 6.42 Å². The lowest BCUT2D eigenvalue weighted by atomic mass is 10.2. The molecule has 0 saturated carbocycles. The molecule has 1 aromatic carbocycles. The van der Waals surface area contributed by atoms with E-state index < -0.39 is 0 Å². The molecule has 0 bridgehead atoms. The average molecular weight is 191 g/mol. The number of unbranched alkanes of at least 4 members (excludes halogenated alkanes) is 1. The van der Waals surface area contributed by atoms with E-state index in [1.807, 2.05) is 18.0 Å². The zero-order chi connectivity index (χ0) is 10.4. The molecular formula is C12H14FN. The van der Waals surface area contributed by atoms with Crippen LogP contribution in [0.2, 0.25) is 0 Å². The molecule has 0 heterocycles. The predicted octanol–water partition coefficient (Wildman–Crippen LogP) is 2.68. The average Bonchev–Trinajstić information content (AvgIpc) is 2.18. The van der Waals surface area contributed by atoms with Crippen molar-refractivity contribution in [1.29, 1.82) is 0 Å². The van der Waals surface area contributed by atoms with Crippen LogP contribution in [0.3, 0.4) is 0 Å². The van der Waals surface area contributed by atoms with E-state index in [0.29, 0.717) is 5.69 Å². The quantitative estimate of drug-likeness (QED) is 0.522. The monoisotopic (exact) mass is 191 g/mol. The summed E-state index contributed by atoms with van der Waals surface area (Å²) in [5.74, 6) is 2.38. The Morgan fingerprint density at radius 1 is 1.43 bits per heavy atom. The summed E-state index contributed by atoms with van der Waals surface area (Å²) in [7, 11) is 1.87. The Morgan fingerprint density at radius 3 is 2.79 bits per heavy atom. The van der Waals surface area contributed by atoms with Crippen molar-refractivity contribution in [2.75, 3.05) is 18.5 Å². The molecule has 0 unspecified atom stereocenters. The minimum Gasteiger partial charge on any atom is -0.372 e. The van der Waals surface area contributed by atoms with Crippen LogP contribution in [0.15, 0.2) is 24.3 Å². The number of hydrogen-bond acceptors (Lipinski definition) is 1. The zero-order valence-corrected chi connectivity index (χ0v) is 8.33. The minimum absolute atomic E-state index is 0.185. The van der Waals surface area contributed by atoms with Gasteiger partial charge >= 0.3 is 0 Å². The van der Waals surface area contributed by atoms with Gasteiger partial charge in [-0.15, -0.1) is 12.3 Å². The van der Waals surface area contributed by atoms with Gasteiger partial charge in [0.05, 0.1) is 5.69 Å². The molecule has 1 rings (SSSR count). The topological polar surface area (TPSA) is 3.24 Å². The second-order valence-electron chi connectivity index (χ2n) is 3.18. The Balaban J connectivity index is 2.57. The van der Waals surface area contributed by atoms with Gasteiger partial charge in [-0.2, -0.15) is 0 Å². The number of nitrogens with zero attached hydrogens (tertiary/aromatic N) is 1. The zero-order valence-electron chi connectivity index (χ0n) is 8.33. The molecule has 0 fully saturated rings. The first-order chi connectivity index (χ1) is 6.75. The van der Waals surface area contributed by atoms with Crippen molar-refractivity contribution in [3.05, 3.63) is 30.1 Å². The highest BCUT2D eigenvalue weighted by Gasteiger charge is 2.04. The normalized spacial score (nSPS) is 9.50. The van der Waals surface area contributed by atoms with E-state index in [0.717, 1.165) is 19.4 Å². The maximum absolute atomic E-state index is 13.3. The van der Waals surface area contributed by atoms with E-state index in [1.54, 1.807) is 12.1 Å². The Bertz CT molecular complexity index is 327. The highest BCUT2D eigenvalue weighted by Crippen LogP contribution is 2.17. The van der Waals surface area contributed by atoms with Crippen molar-refractivity contribution in [3.63, 3.8) is 0 Å². The lowest BCUT2D eigenvalue weighted by Gasteiger charge is -2.19. The van der Waals surface area contributed by atoms with Crippen LogP contribution in [0.4, 0.5) is 10.1 Å². The number of para-hydroxylation sites is 1. The summed E-state index contributed by atoms with van der Waals surface area (Å²) >= 11 is 0. The third kappa shape index (κ3) is 2.77. The fourth-order valence-electron chi connectivity index (χ4n) is 1.30. The number of terminal acetylenes is 1. The van der Waals surface area contributed by atoms with Gasteiger partial charge in [-0.3, -0.25) is 0 Å². The molecule has 1 aromatic rings. The lowest BCUT2D eigenvalue weighted by molar-refractivity contribution is 0.621. The van der Waals surface area contributed by atoms with Crippen molar-refractivity contribution in [3.8, 4) is 12.3 Å². The van der Waals surface area contributed by atoms with Crippen molar-refractivity contribution < 1.29 is 4.39 Å². The molecule has 0 spiro atoms. The SMILES string of the molecule is C#CCCCN(C)c1ccccc1F. The number of rotatable bonds is 4. The Hall–Kier alpha value is -1.49. The van der Waals surface area contributed by atoms with Crippen LogP contribution in [0, 0.1) is 18.2 Å². The Labute approximate surface area is 84.5 Å². The van der Waals surface area contributed by atoms with Crippen molar-refractivity contribution in [2.24, 2.45) is 0 Å². The number of hydrogen-bond donors (Lipinski definition) is 0. The second-order valence-corrected chi connectivity index (χ2v) is 3.18. The van der Waals surface area contributed by atoms with Gasteiger partial charge in [0.1, 0.15) is 5.82 Å². The second kappa shape index (κ2) is 5.29. The largest absolute Gasteiger partial charge is 0.372 e. The third-order valence-corrected chi connectivity index (χ3v) is 2.08. The standard InChI is InChI=1S/C12H14FN/c1-3-4-7-10-14(2)12-9-6-5-8-11(12)13/h1,5-6,8-9H,4,7,10H2,2H3. The molecule has 0 amide bonds. The lowest BCUT2D eigenvalue weighted by Crippen LogP contribution is -2.19. The summed E-state index contributed by atoms with van der Waals surface area (Å²) in [6.45, 7) is 0.783. The molecule has 0 aromatic heterocycles. The first-order valence-corrected chi connectivity index (χ1v) is 4.65. The molecule has 2 heteroatoms. The van der Waals surface area contributed by atoms with Crippen molar-refractivity contribution in [2.45, 2.75) is 12.8 Å². The summed E-state index contributed by atoms with van der Waals surface area (Å²) in [5, 5.41) is 0. The van der Waals surface area contributed by atoms with Gasteiger partial charge in [0.15, 0.2) is 0 Å². The van der Waals surface area contributed by atoms with Crippen LogP contribution < -0.4 is 4.90 Å². The van der Waals surface area contributed by atoms with Gasteiger partial charge in [-0.1, -0.05) is 12.1 Å². The van der Waals surface area contributed by atoms with E-state index in [-0.39, 0.29) is 5.82 Å². The highest BCUT2D eigenvalue weighted by atomic mass is 19.1. The van der Waals surface area contributed by atoms with Gasteiger partial charge in [-0.25, -0.2) is 4.39 Å². The fourth-order valence-corrected chi connectivity index (χ4v) is 1.30. The van der Waals surface area contributed by atoms with E-state index in [2.05, 4.69) is 5.92 Å². The van der Waals surface area contributed by atoms with Crippen LogP contribution in [0.1, 0.15) is 12.8 Å². The molecule has 0 saturated heterocycles. The Kier molecular flexibility index (Phi) is 4.00. The summed E-state index contributed by atoms with van der Waals surface area (Å²) in [5.41, 5.74) is 0.629. The molecule has 1 nitrogen and oxygen atoms in total. The van der Waals surface area contributed by atoms with E-state index in [1.165, 1.54) is 6.07 Å². The molecule has 0 atom stereocenters. The number of benzene rings is 1. The summed E-state index contributed by atoms with van der Waals surface area (Å²) in [4.78, 5) is 1.88.